The summed E-state index contributed by atoms with van der Waals surface area (Å²) in [5.74, 6) is -1.31. The largest absolute Gasteiger partial charge is 0.480 e. The predicted molar refractivity (Wildman–Crippen MR) is 81.5 cm³/mol. The quantitative estimate of drug-likeness (QED) is 0.852. The molecule has 0 saturated heterocycles. The number of carboxylic acid groups (broad SMARTS) is 1. The molecule has 0 aliphatic carbocycles. The van der Waals surface area contributed by atoms with E-state index >= 15 is 0 Å². The van der Waals surface area contributed by atoms with Crippen LogP contribution in [0.2, 0.25) is 9.36 Å². The predicted octanol–water partition coefficient (Wildman–Crippen LogP) is 3.16. The fourth-order valence-electron chi connectivity index (χ4n) is 1.55. The molecule has 0 aliphatic heterocycles. The van der Waals surface area contributed by atoms with Crippen LogP contribution in [0.25, 0.3) is 0 Å². The molecule has 0 saturated carbocycles. The summed E-state index contributed by atoms with van der Waals surface area (Å²) in [4.78, 5) is 11.5. The molecule has 1 atom stereocenters. The Morgan fingerprint density at radius 3 is 2.24 bits per heavy atom. The van der Waals surface area contributed by atoms with E-state index in [9.17, 15) is 18.3 Å². The van der Waals surface area contributed by atoms with Gasteiger partial charge in [0.2, 0.25) is 10.0 Å². The second-order valence-corrected chi connectivity index (χ2v) is 7.89. The highest BCUT2D eigenvalue weighted by molar-refractivity contribution is 7.89. The molecule has 2 rings (SSSR count). The summed E-state index contributed by atoms with van der Waals surface area (Å²) in [5, 5.41) is 9.59. The number of thiophene rings is 1. The Kier molecular flexibility index (Phi) is 4.90. The van der Waals surface area contributed by atoms with Crippen molar-refractivity contribution >= 4 is 50.5 Å². The number of hydrogen-bond donors (Lipinski definition) is 2. The van der Waals surface area contributed by atoms with Gasteiger partial charge in [0.15, 0.2) is 6.04 Å². The van der Waals surface area contributed by atoms with E-state index < -0.39 is 22.0 Å². The van der Waals surface area contributed by atoms with Gasteiger partial charge in [-0.25, -0.2) is 8.42 Å². The second kappa shape index (κ2) is 6.33. The van der Waals surface area contributed by atoms with Gasteiger partial charge < -0.3 is 5.11 Å². The third-order valence-electron chi connectivity index (χ3n) is 2.52. The lowest BCUT2D eigenvalue weighted by atomic mass is 10.3. The Hall–Kier alpha value is -1.12. The van der Waals surface area contributed by atoms with Crippen molar-refractivity contribution in [1.29, 1.82) is 0 Å². The van der Waals surface area contributed by atoms with Crippen LogP contribution in [0.3, 0.4) is 0 Å². The van der Waals surface area contributed by atoms with E-state index in [4.69, 9.17) is 23.2 Å². The molecule has 0 amide bonds. The zero-order valence-corrected chi connectivity index (χ0v) is 13.4. The number of rotatable bonds is 5. The van der Waals surface area contributed by atoms with Gasteiger partial charge in [0.1, 0.15) is 0 Å². The molecule has 2 N–H and O–H groups in total. The van der Waals surface area contributed by atoms with Crippen molar-refractivity contribution in [1.82, 2.24) is 4.72 Å². The van der Waals surface area contributed by atoms with Crippen LogP contribution in [0.1, 0.15) is 10.9 Å². The molecular formula is C12H9Cl2NO4S2. The molecule has 0 aliphatic rings. The van der Waals surface area contributed by atoms with Crippen molar-refractivity contribution in [3.05, 3.63) is 50.6 Å². The Labute approximate surface area is 135 Å². The van der Waals surface area contributed by atoms with Crippen molar-refractivity contribution in [3.63, 3.8) is 0 Å². The summed E-state index contributed by atoms with van der Waals surface area (Å²) in [7, 11) is -3.99. The molecule has 21 heavy (non-hydrogen) atoms. The van der Waals surface area contributed by atoms with Crippen LogP contribution in [0.5, 0.6) is 0 Å². The monoisotopic (exact) mass is 365 g/mol. The molecule has 1 unspecified atom stereocenters. The fourth-order valence-corrected chi connectivity index (χ4v) is 4.02. The number of carbonyl (C=O) groups is 1. The number of nitrogens with one attached hydrogen (secondary N) is 1. The first-order valence-corrected chi connectivity index (χ1v) is 8.61. The van der Waals surface area contributed by atoms with Crippen LogP contribution < -0.4 is 4.72 Å². The minimum absolute atomic E-state index is 0.0687. The van der Waals surface area contributed by atoms with Crippen LogP contribution in [0.4, 0.5) is 0 Å². The van der Waals surface area contributed by atoms with E-state index in [2.05, 4.69) is 4.72 Å². The molecule has 9 heteroatoms. The Balaban J connectivity index is 2.32. The summed E-state index contributed by atoms with van der Waals surface area (Å²) in [6.07, 6.45) is 0. The minimum atomic E-state index is -3.99. The van der Waals surface area contributed by atoms with Crippen molar-refractivity contribution in [2.45, 2.75) is 10.9 Å². The van der Waals surface area contributed by atoms with Crippen molar-refractivity contribution in [2.24, 2.45) is 0 Å². The van der Waals surface area contributed by atoms with Gasteiger partial charge in [-0.05, 0) is 36.4 Å². The zero-order valence-electron chi connectivity index (χ0n) is 10.3. The smallest absolute Gasteiger partial charge is 0.327 e. The van der Waals surface area contributed by atoms with Gasteiger partial charge in [-0.1, -0.05) is 23.2 Å². The van der Waals surface area contributed by atoms with Crippen molar-refractivity contribution in [3.8, 4) is 0 Å². The maximum absolute atomic E-state index is 12.2. The first-order chi connectivity index (χ1) is 9.79. The van der Waals surface area contributed by atoms with Gasteiger partial charge in [0, 0.05) is 9.90 Å². The number of halogens is 2. The summed E-state index contributed by atoms with van der Waals surface area (Å²) in [6.45, 7) is 0. The van der Waals surface area contributed by atoms with Crippen LogP contribution in [0, 0.1) is 0 Å². The maximum atomic E-state index is 12.2. The highest BCUT2D eigenvalue weighted by atomic mass is 35.5. The third-order valence-corrected chi connectivity index (χ3v) is 5.51. The summed E-state index contributed by atoms with van der Waals surface area (Å²) >= 11 is 12.4. The first-order valence-electron chi connectivity index (χ1n) is 5.55. The molecule has 2 aromatic rings. The standard InChI is InChI=1S/C12H9Cl2NO4S2/c13-7-1-3-8(4-2-7)21(18,19)15-11(12(16)17)9-5-6-10(14)20-9/h1-6,11,15H,(H,16,17). The second-order valence-electron chi connectivity index (χ2n) is 3.99. The molecule has 0 spiro atoms. The van der Waals surface area contributed by atoms with Gasteiger partial charge in [0.25, 0.3) is 0 Å². The van der Waals surface area contributed by atoms with Crippen LogP contribution in [-0.4, -0.2) is 19.5 Å². The van der Waals surface area contributed by atoms with Crippen molar-refractivity contribution in [2.75, 3.05) is 0 Å². The van der Waals surface area contributed by atoms with Gasteiger partial charge >= 0.3 is 5.97 Å². The lowest BCUT2D eigenvalue weighted by molar-refractivity contribution is -0.139. The molecule has 1 aromatic carbocycles. The average Bonchev–Trinajstić information content (AvgIpc) is 2.82. The van der Waals surface area contributed by atoms with E-state index in [1.54, 1.807) is 0 Å². The van der Waals surface area contributed by atoms with Crippen molar-refractivity contribution < 1.29 is 18.3 Å². The molecule has 1 heterocycles. The molecule has 5 nitrogen and oxygen atoms in total. The highest BCUT2D eigenvalue weighted by Crippen LogP contribution is 2.28. The van der Waals surface area contributed by atoms with Crippen LogP contribution in [-0.2, 0) is 14.8 Å². The number of hydrogen-bond acceptors (Lipinski definition) is 4. The van der Waals surface area contributed by atoms with Gasteiger partial charge in [-0.15, -0.1) is 11.3 Å². The average molecular weight is 366 g/mol. The number of carboxylic acids is 1. The molecule has 112 valence electrons. The van der Waals surface area contributed by atoms with E-state index in [0.717, 1.165) is 11.3 Å². The summed E-state index contributed by atoms with van der Waals surface area (Å²) < 4.78 is 26.9. The summed E-state index contributed by atoms with van der Waals surface area (Å²) in [5.41, 5.74) is 0. The molecular weight excluding hydrogens is 357 g/mol. The Morgan fingerprint density at radius 1 is 1.14 bits per heavy atom. The lowest BCUT2D eigenvalue weighted by Gasteiger charge is -2.13. The first kappa shape index (κ1) is 16.3. The molecule has 1 aromatic heterocycles. The van der Waals surface area contributed by atoms with E-state index in [1.165, 1.54) is 36.4 Å². The molecule has 0 fully saturated rings. The minimum Gasteiger partial charge on any atom is -0.480 e. The van der Waals surface area contributed by atoms with Gasteiger partial charge in [-0.3, -0.25) is 4.79 Å². The van der Waals surface area contributed by atoms with Crippen LogP contribution >= 0.6 is 34.5 Å². The third kappa shape index (κ3) is 3.96. The Bertz CT molecular complexity index is 756. The van der Waals surface area contributed by atoms with E-state index in [1.807, 2.05) is 0 Å². The van der Waals surface area contributed by atoms with Gasteiger partial charge in [-0.2, -0.15) is 4.72 Å². The molecule has 0 radical (unpaired) electrons. The topological polar surface area (TPSA) is 83.5 Å². The van der Waals surface area contributed by atoms with E-state index in [-0.39, 0.29) is 4.90 Å². The number of sulfonamides is 1. The highest BCUT2D eigenvalue weighted by Gasteiger charge is 2.28. The normalized spacial score (nSPS) is 13.0. The summed E-state index contributed by atoms with van der Waals surface area (Å²) in [6, 6.07) is 6.99. The van der Waals surface area contributed by atoms with Crippen LogP contribution in [0.15, 0.2) is 41.3 Å². The SMILES string of the molecule is O=C(O)C(NS(=O)(=O)c1ccc(Cl)cc1)c1ccc(Cl)s1. The molecule has 0 bridgehead atoms. The van der Waals surface area contributed by atoms with E-state index in [0.29, 0.717) is 14.2 Å². The lowest BCUT2D eigenvalue weighted by Crippen LogP contribution is -2.33. The number of benzene rings is 1. The zero-order chi connectivity index (χ0) is 15.6. The Morgan fingerprint density at radius 2 is 1.76 bits per heavy atom. The fraction of sp³-hybridized carbons (Fsp3) is 0.0833. The van der Waals surface area contributed by atoms with Gasteiger partial charge in [0.05, 0.1) is 9.23 Å². The maximum Gasteiger partial charge on any atom is 0.327 e. The number of aliphatic carboxylic acids is 1.